The van der Waals surface area contributed by atoms with Gasteiger partial charge in [-0.15, -0.1) is 0 Å². The van der Waals surface area contributed by atoms with E-state index < -0.39 is 31.2 Å². The summed E-state index contributed by atoms with van der Waals surface area (Å²) in [5.41, 5.74) is 0. The third-order valence-electron chi connectivity index (χ3n) is 0.339. The van der Waals surface area contributed by atoms with Crippen molar-refractivity contribution in [1.82, 2.24) is 10.6 Å². The summed E-state index contributed by atoms with van der Waals surface area (Å²) < 4.78 is 80.2. The van der Waals surface area contributed by atoms with Crippen molar-refractivity contribution in [2.75, 3.05) is 28.2 Å². The summed E-state index contributed by atoms with van der Waals surface area (Å²) in [6.45, 7) is 0. The molecule has 0 unspecified atom stereocenters. The summed E-state index contributed by atoms with van der Waals surface area (Å²) in [6.07, 6.45) is 0. The van der Waals surface area contributed by atoms with Gasteiger partial charge < -0.3 is 10.6 Å². The Bertz CT molecular complexity index is 463. The van der Waals surface area contributed by atoms with Crippen molar-refractivity contribution in [1.29, 1.82) is 0 Å². The van der Waals surface area contributed by atoms with Gasteiger partial charge in [-0.05, 0) is 28.2 Å². The van der Waals surface area contributed by atoms with E-state index in [0.29, 0.717) is 0 Å². The molecule has 0 aromatic heterocycles. The maximum absolute atomic E-state index is 10.1. The van der Waals surface area contributed by atoms with E-state index >= 15 is 0 Å². The molecule has 0 spiro atoms. The Morgan fingerprint density at radius 3 is 0.947 bits per heavy atom. The Morgan fingerprint density at radius 1 is 0.684 bits per heavy atom. The Kier molecular flexibility index (Phi) is 13.0. The summed E-state index contributed by atoms with van der Waals surface area (Å²) in [5, 5.41) is 5.50. The molecule has 0 aliphatic carbocycles. The summed E-state index contributed by atoms with van der Waals surface area (Å²) >= 11 is 0. The second-order valence-electron chi connectivity index (χ2n) is 2.40. The summed E-state index contributed by atoms with van der Waals surface area (Å²) in [7, 11) is -8.96. The first-order chi connectivity index (χ1) is 8.24. The van der Waals surface area contributed by atoms with Gasteiger partial charge in [0.2, 0.25) is 0 Å². The van der Waals surface area contributed by atoms with E-state index in [1.807, 2.05) is 28.2 Å². The first-order valence-electron chi connectivity index (χ1n) is 4.03. The van der Waals surface area contributed by atoms with Crippen LogP contribution >= 0.6 is 0 Å². The predicted octanol–water partition coefficient (Wildman–Crippen LogP) is -2.46. The second kappa shape index (κ2) is 10.4. The first-order valence-corrected chi connectivity index (χ1v) is 8.10. The van der Waals surface area contributed by atoms with Crippen LogP contribution in [0.25, 0.3) is 0 Å². The second-order valence-corrected chi connectivity index (χ2v) is 6.02. The maximum atomic E-state index is 10.1. The number of hydrogen-bond acceptors (Lipinski definition) is 10. The first kappa shape index (κ1) is 23.7. The molecule has 0 fully saturated rings. The van der Waals surface area contributed by atoms with E-state index in [1.54, 1.807) is 0 Å². The van der Waals surface area contributed by atoms with Crippen molar-refractivity contribution < 1.29 is 41.6 Å². The molecule has 0 aromatic carbocycles. The molecule has 0 aliphatic rings. The molecule has 0 aliphatic heterocycles. The lowest BCUT2D eigenvalue weighted by atomic mass is 11.3. The molecular formula is C4H16N2O10S3. The van der Waals surface area contributed by atoms with Gasteiger partial charge in [-0.3, -0.25) is 9.11 Å². The van der Waals surface area contributed by atoms with Crippen molar-refractivity contribution >= 4 is 31.2 Å². The lowest BCUT2D eigenvalue weighted by molar-refractivity contribution is 0.328. The average molecular weight is 348 g/mol. The smallest absolute Gasteiger partial charge is 0.323 e. The van der Waals surface area contributed by atoms with Crippen LogP contribution < -0.4 is 10.6 Å². The standard InChI is InChI=1S/2C2H7N.H2O10S3/c2*1-3-2;1-11(2,3)9-13(7,8)10-12(4,5)6/h2*3H,1-2H3;(H,1,2,3)(H,4,5,6). The van der Waals surface area contributed by atoms with Gasteiger partial charge in [0.05, 0.1) is 0 Å². The maximum Gasteiger partial charge on any atom is 0.432 e. The highest BCUT2D eigenvalue weighted by Gasteiger charge is 2.27. The van der Waals surface area contributed by atoms with Crippen LogP contribution in [-0.2, 0) is 38.5 Å². The molecule has 0 aromatic rings. The van der Waals surface area contributed by atoms with Gasteiger partial charge in [-0.25, -0.2) is 0 Å². The van der Waals surface area contributed by atoms with Crippen LogP contribution in [0.5, 0.6) is 0 Å². The van der Waals surface area contributed by atoms with Crippen LogP contribution in [0.2, 0.25) is 0 Å². The van der Waals surface area contributed by atoms with Crippen LogP contribution in [0.1, 0.15) is 0 Å². The summed E-state index contributed by atoms with van der Waals surface area (Å²) in [6, 6.07) is 0. The van der Waals surface area contributed by atoms with Crippen LogP contribution in [0.15, 0.2) is 0 Å². The molecule has 0 heterocycles. The van der Waals surface area contributed by atoms with Crippen molar-refractivity contribution in [2.45, 2.75) is 0 Å². The molecule has 0 saturated heterocycles. The molecule has 0 amide bonds. The van der Waals surface area contributed by atoms with Crippen molar-refractivity contribution in [2.24, 2.45) is 0 Å². The van der Waals surface area contributed by atoms with Crippen molar-refractivity contribution in [3.63, 3.8) is 0 Å². The van der Waals surface area contributed by atoms with Gasteiger partial charge in [0, 0.05) is 0 Å². The molecule has 0 saturated carbocycles. The van der Waals surface area contributed by atoms with Gasteiger partial charge in [-0.2, -0.15) is 25.3 Å². The highest BCUT2D eigenvalue weighted by molar-refractivity contribution is 8.00. The fraction of sp³-hybridized carbons (Fsp3) is 1.00. The average Bonchev–Trinajstić information content (AvgIpc) is 1.95. The minimum atomic E-state index is -5.57. The monoisotopic (exact) mass is 348 g/mol. The van der Waals surface area contributed by atoms with Gasteiger partial charge in [0.15, 0.2) is 0 Å². The third-order valence-corrected chi connectivity index (χ3v) is 3.05. The quantitative estimate of drug-likeness (QED) is 0.393. The van der Waals surface area contributed by atoms with Crippen LogP contribution in [0, 0.1) is 0 Å². The Balaban J connectivity index is -0.000000360. The molecule has 0 radical (unpaired) electrons. The summed E-state index contributed by atoms with van der Waals surface area (Å²) in [5.74, 6) is 0. The van der Waals surface area contributed by atoms with E-state index in [0.717, 1.165) is 0 Å². The number of hydrogen-bond donors (Lipinski definition) is 4. The minimum Gasteiger partial charge on any atom is -0.323 e. The highest BCUT2D eigenvalue weighted by Crippen LogP contribution is 2.03. The van der Waals surface area contributed by atoms with Crippen molar-refractivity contribution in [3.8, 4) is 0 Å². The topological polar surface area (TPSA) is 185 Å². The Morgan fingerprint density at radius 2 is 0.842 bits per heavy atom. The van der Waals surface area contributed by atoms with Crippen molar-refractivity contribution in [3.05, 3.63) is 0 Å². The van der Waals surface area contributed by atoms with E-state index in [2.05, 4.69) is 17.9 Å². The highest BCUT2D eigenvalue weighted by atomic mass is 32.3. The predicted molar refractivity (Wildman–Crippen MR) is 64.2 cm³/mol. The SMILES string of the molecule is CNC.CNC.O=S(=O)(O)OS(=O)(=O)OS(=O)(=O)O. The molecule has 4 N–H and O–H groups in total. The van der Waals surface area contributed by atoms with Gasteiger partial charge in [0.25, 0.3) is 0 Å². The van der Waals surface area contributed by atoms with Crippen LogP contribution in [-0.4, -0.2) is 62.5 Å². The third kappa shape index (κ3) is 31.8. The fourth-order valence-corrected chi connectivity index (χ4v) is 2.20. The Labute approximate surface area is 112 Å². The van der Waals surface area contributed by atoms with Gasteiger partial charge in [0.1, 0.15) is 0 Å². The minimum absolute atomic E-state index is 1.88. The fourth-order valence-electron chi connectivity index (χ4n) is 0.222. The van der Waals surface area contributed by atoms with Gasteiger partial charge >= 0.3 is 31.2 Å². The zero-order valence-electron chi connectivity index (χ0n) is 10.4. The summed E-state index contributed by atoms with van der Waals surface area (Å²) in [4.78, 5) is 0. The number of rotatable bonds is 4. The zero-order chi connectivity index (χ0) is 16.3. The normalized spacial score (nSPS) is 11.7. The molecule has 0 bridgehead atoms. The lowest BCUT2D eigenvalue weighted by Gasteiger charge is -1.97. The van der Waals surface area contributed by atoms with E-state index in [1.165, 1.54) is 0 Å². The van der Waals surface area contributed by atoms with Crippen LogP contribution in [0.4, 0.5) is 0 Å². The molecular weight excluding hydrogens is 332 g/mol. The number of nitrogens with one attached hydrogen (secondary N) is 2. The van der Waals surface area contributed by atoms with E-state index in [4.69, 9.17) is 9.11 Å². The molecule has 19 heavy (non-hydrogen) atoms. The van der Waals surface area contributed by atoms with Crippen LogP contribution in [0.3, 0.4) is 0 Å². The molecule has 120 valence electrons. The van der Waals surface area contributed by atoms with Gasteiger partial charge in [-0.1, -0.05) is 7.26 Å². The zero-order valence-corrected chi connectivity index (χ0v) is 12.8. The molecule has 0 atom stereocenters. The van der Waals surface area contributed by atoms with E-state index in [-0.39, 0.29) is 0 Å². The largest absolute Gasteiger partial charge is 0.432 e. The molecule has 15 heteroatoms. The molecule has 0 rings (SSSR count). The molecule has 12 nitrogen and oxygen atoms in total. The lowest BCUT2D eigenvalue weighted by Crippen LogP contribution is -2.18. The van der Waals surface area contributed by atoms with E-state index in [9.17, 15) is 25.3 Å². The Hall–Kier alpha value is -0.390.